The van der Waals surface area contributed by atoms with Crippen molar-refractivity contribution in [2.24, 2.45) is 0 Å². The summed E-state index contributed by atoms with van der Waals surface area (Å²) in [7, 11) is 1.65. The minimum absolute atomic E-state index is 0.0862. The van der Waals surface area contributed by atoms with Crippen LogP contribution in [0, 0.1) is 6.92 Å². The molecule has 0 saturated heterocycles. The summed E-state index contributed by atoms with van der Waals surface area (Å²) in [5.74, 6) is 1.44. The third-order valence-electron chi connectivity index (χ3n) is 3.91. The van der Waals surface area contributed by atoms with Gasteiger partial charge < -0.3 is 9.72 Å². The topological polar surface area (TPSA) is 55.0 Å². The molecule has 0 fully saturated rings. The number of methoxy groups -OCH3 is 1. The molecule has 1 aromatic carbocycles. The van der Waals surface area contributed by atoms with Crippen molar-refractivity contribution in [2.45, 2.75) is 6.92 Å². The molecular weight excluding hydrogens is 340 g/mol. The van der Waals surface area contributed by atoms with Crippen molar-refractivity contribution in [1.29, 1.82) is 0 Å². The van der Waals surface area contributed by atoms with Gasteiger partial charge in [0.2, 0.25) is 0 Å². The average molecular weight is 354 g/mol. The van der Waals surface area contributed by atoms with Crippen LogP contribution in [-0.4, -0.2) is 17.1 Å². The van der Waals surface area contributed by atoms with Gasteiger partial charge in [-0.3, -0.25) is 4.79 Å². The quantitative estimate of drug-likeness (QED) is 0.580. The summed E-state index contributed by atoms with van der Waals surface area (Å²) < 4.78 is 5.21. The Morgan fingerprint density at radius 1 is 1.17 bits per heavy atom. The lowest BCUT2D eigenvalue weighted by Crippen LogP contribution is -2.08. The maximum atomic E-state index is 12.6. The molecular formula is C18H14N2O2S2. The first-order chi connectivity index (χ1) is 11.7. The van der Waals surface area contributed by atoms with E-state index in [0.29, 0.717) is 11.2 Å². The second-order valence-corrected chi connectivity index (χ2v) is 7.30. The molecule has 6 heteroatoms. The number of aryl methyl sites for hydroxylation is 1. The Morgan fingerprint density at radius 3 is 2.62 bits per heavy atom. The summed E-state index contributed by atoms with van der Waals surface area (Å²) in [6, 6.07) is 11.8. The summed E-state index contributed by atoms with van der Waals surface area (Å²) in [6.07, 6.45) is 0. The lowest BCUT2D eigenvalue weighted by atomic mass is 10.1. The van der Waals surface area contributed by atoms with Crippen LogP contribution in [0.3, 0.4) is 0 Å². The van der Waals surface area contributed by atoms with Gasteiger partial charge in [0.1, 0.15) is 10.6 Å². The van der Waals surface area contributed by atoms with E-state index >= 15 is 0 Å². The van der Waals surface area contributed by atoms with Crippen molar-refractivity contribution in [3.63, 3.8) is 0 Å². The molecule has 4 nitrogen and oxygen atoms in total. The summed E-state index contributed by atoms with van der Waals surface area (Å²) in [5, 5.41) is 2.65. The minimum Gasteiger partial charge on any atom is -0.497 e. The number of thiophene rings is 2. The van der Waals surface area contributed by atoms with E-state index in [9.17, 15) is 4.79 Å². The highest BCUT2D eigenvalue weighted by atomic mass is 32.1. The fourth-order valence-electron chi connectivity index (χ4n) is 2.69. The van der Waals surface area contributed by atoms with Crippen LogP contribution in [-0.2, 0) is 0 Å². The lowest BCUT2D eigenvalue weighted by Gasteiger charge is -2.02. The van der Waals surface area contributed by atoms with E-state index in [1.165, 1.54) is 0 Å². The molecule has 0 atom stereocenters. The Kier molecular flexibility index (Phi) is 3.70. The van der Waals surface area contributed by atoms with Gasteiger partial charge in [0.15, 0.2) is 5.82 Å². The van der Waals surface area contributed by atoms with Gasteiger partial charge in [-0.05, 0) is 53.8 Å². The maximum absolute atomic E-state index is 12.6. The first kappa shape index (κ1) is 15.1. The van der Waals surface area contributed by atoms with E-state index in [1.54, 1.807) is 29.8 Å². The number of nitrogens with zero attached hydrogens (tertiary/aromatic N) is 1. The van der Waals surface area contributed by atoms with Crippen LogP contribution in [0.15, 0.2) is 46.6 Å². The summed E-state index contributed by atoms with van der Waals surface area (Å²) in [4.78, 5) is 22.9. The molecule has 4 aromatic rings. The molecule has 4 rings (SSSR count). The standard InChI is InChI=1S/C18H14N2O2S2/c1-10-14-17(21)19-16(13-4-3-9-23-13)20-18(14)24-15(10)11-5-7-12(22-2)8-6-11/h3-9H,1-2H3,(H,19,20,21). The molecule has 120 valence electrons. The van der Waals surface area contributed by atoms with Crippen molar-refractivity contribution in [3.8, 4) is 26.9 Å². The van der Waals surface area contributed by atoms with Gasteiger partial charge in [-0.25, -0.2) is 4.98 Å². The average Bonchev–Trinajstić information content (AvgIpc) is 3.23. The van der Waals surface area contributed by atoms with E-state index in [-0.39, 0.29) is 5.56 Å². The summed E-state index contributed by atoms with van der Waals surface area (Å²) in [6.45, 7) is 1.97. The van der Waals surface area contributed by atoms with Crippen molar-refractivity contribution >= 4 is 32.9 Å². The van der Waals surface area contributed by atoms with Crippen molar-refractivity contribution in [1.82, 2.24) is 9.97 Å². The van der Waals surface area contributed by atoms with E-state index < -0.39 is 0 Å². The molecule has 24 heavy (non-hydrogen) atoms. The number of hydrogen-bond donors (Lipinski definition) is 1. The monoisotopic (exact) mass is 354 g/mol. The molecule has 0 aliphatic carbocycles. The van der Waals surface area contributed by atoms with Gasteiger partial charge in [-0.15, -0.1) is 22.7 Å². The second-order valence-electron chi connectivity index (χ2n) is 5.36. The molecule has 3 aromatic heterocycles. The van der Waals surface area contributed by atoms with Crippen molar-refractivity contribution in [3.05, 3.63) is 57.7 Å². The van der Waals surface area contributed by atoms with Gasteiger partial charge >= 0.3 is 0 Å². The zero-order chi connectivity index (χ0) is 16.7. The Labute approximate surface area is 146 Å². The number of ether oxygens (including phenoxy) is 1. The number of rotatable bonds is 3. The third kappa shape index (κ3) is 2.44. The maximum Gasteiger partial charge on any atom is 0.260 e. The zero-order valence-electron chi connectivity index (χ0n) is 13.1. The van der Waals surface area contributed by atoms with Gasteiger partial charge in [0.05, 0.1) is 17.4 Å². The molecule has 0 aliphatic rings. The van der Waals surface area contributed by atoms with Crippen LogP contribution in [0.25, 0.3) is 31.4 Å². The molecule has 3 heterocycles. The molecule has 0 bridgehead atoms. The van der Waals surface area contributed by atoms with Crippen LogP contribution in [0.4, 0.5) is 0 Å². The van der Waals surface area contributed by atoms with E-state index in [1.807, 2.05) is 48.7 Å². The first-order valence-corrected chi connectivity index (χ1v) is 9.08. The van der Waals surface area contributed by atoms with Gasteiger partial charge in [0, 0.05) is 4.88 Å². The van der Waals surface area contributed by atoms with E-state index in [0.717, 1.165) is 31.5 Å². The predicted molar refractivity (Wildman–Crippen MR) is 100 cm³/mol. The molecule has 0 radical (unpaired) electrons. The number of aromatic amines is 1. The Hall–Kier alpha value is -2.44. The number of fused-ring (bicyclic) bond motifs is 1. The molecule has 0 saturated carbocycles. The van der Waals surface area contributed by atoms with Crippen LogP contribution >= 0.6 is 22.7 Å². The summed E-state index contributed by atoms with van der Waals surface area (Å²) in [5.41, 5.74) is 1.94. The highest BCUT2D eigenvalue weighted by Crippen LogP contribution is 2.37. The highest BCUT2D eigenvalue weighted by Gasteiger charge is 2.16. The van der Waals surface area contributed by atoms with Crippen LogP contribution < -0.4 is 10.3 Å². The smallest absolute Gasteiger partial charge is 0.260 e. The first-order valence-electron chi connectivity index (χ1n) is 7.39. The van der Waals surface area contributed by atoms with E-state index in [4.69, 9.17) is 4.74 Å². The van der Waals surface area contributed by atoms with Crippen LogP contribution in [0.1, 0.15) is 5.56 Å². The van der Waals surface area contributed by atoms with Gasteiger partial charge in [-0.1, -0.05) is 6.07 Å². The lowest BCUT2D eigenvalue weighted by molar-refractivity contribution is 0.415. The highest BCUT2D eigenvalue weighted by molar-refractivity contribution is 7.22. The van der Waals surface area contributed by atoms with E-state index in [2.05, 4.69) is 9.97 Å². The molecule has 0 aliphatic heterocycles. The number of aromatic nitrogens is 2. The zero-order valence-corrected chi connectivity index (χ0v) is 14.8. The third-order valence-corrected chi connectivity index (χ3v) is 6.02. The number of H-pyrrole nitrogens is 1. The minimum atomic E-state index is -0.0862. The Bertz CT molecular complexity index is 1060. The second kappa shape index (κ2) is 5.89. The largest absolute Gasteiger partial charge is 0.497 e. The summed E-state index contributed by atoms with van der Waals surface area (Å²) >= 11 is 3.11. The van der Waals surface area contributed by atoms with Gasteiger partial charge in [-0.2, -0.15) is 0 Å². The predicted octanol–water partition coefficient (Wildman–Crippen LogP) is 4.70. The normalized spacial score (nSPS) is 11.1. The van der Waals surface area contributed by atoms with Crippen molar-refractivity contribution in [2.75, 3.05) is 7.11 Å². The fraction of sp³-hybridized carbons (Fsp3) is 0.111. The van der Waals surface area contributed by atoms with Crippen LogP contribution in [0.2, 0.25) is 0 Å². The number of benzene rings is 1. The molecule has 0 unspecified atom stereocenters. The number of hydrogen-bond acceptors (Lipinski definition) is 5. The molecule has 0 amide bonds. The van der Waals surface area contributed by atoms with Crippen LogP contribution in [0.5, 0.6) is 5.75 Å². The van der Waals surface area contributed by atoms with Gasteiger partial charge in [0.25, 0.3) is 5.56 Å². The Balaban J connectivity index is 1.90. The molecule has 0 spiro atoms. The fourth-order valence-corrected chi connectivity index (χ4v) is 4.55. The van der Waals surface area contributed by atoms with Crippen molar-refractivity contribution < 1.29 is 4.74 Å². The number of nitrogens with one attached hydrogen (secondary N) is 1. The Morgan fingerprint density at radius 2 is 1.96 bits per heavy atom. The SMILES string of the molecule is COc1ccc(-c2sc3nc(-c4cccs4)[nH]c(=O)c3c2C)cc1. The molecule has 1 N–H and O–H groups in total.